The molecule has 1 rings (SSSR count). The molecule has 0 heterocycles. The second-order valence-corrected chi connectivity index (χ2v) is 5.93. The first-order chi connectivity index (χ1) is 7.54. The van der Waals surface area contributed by atoms with Crippen LogP contribution in [-0.4, -0.2) is 30.6 Å². The van der Waals surface area contributed by atoms with Crippen molar-refractivity contribution in [3.8, 4) is 0 Å². The lowest BCUT2D eigenvalue weighted by Gasteiger charge is -2.36. The Morgan fingerprint density at radius 3 is 2.19 bits per heavy atom. The number of nitrogens with zero attached hydrogens (tertiary/aromatic N) is 1. The smallest absolute Gasteiger partial charge is 0.0191 e. The zero-order chi connectivity index (χ0) is 12.1. The summed E-state index contributed by atoms with van der Waals surface area (Å²) in [5, 5.41) is 0. The van der Waals surface area contributed by atoms with E-state index in [2.05, 4.69) is 32.7 Å². The molecule has 1 unspecified atom stereocenters. The van der Waals surface area contributed by atoms with Gasteiger partial charge in [0.15, 0.2) is 0 Å². The van der Waals surface area contributed by atoms with Crippen LogP contribution < -0.4 is 5.73 Å². The standard InChI is InChI=1S/C14H30N2/c1-5-12-6-8-13(9-7-12)16(4)10-14(15)11(2)3/h11-14H,5-10,15H2,1-4H3. The van der Waals surface area contributed by atoms with Crippen molar-refractivity contribution in [2.24, 2.45) is 17.6 Å². The summed E-state index contributed by atoms with van der Waals surface area (Å²) < 4.78 is 0. The molecule has 0 aromatic rings. The molecule has 1 fully saturated rings. The van der Waals surface area contributed by atoms with Crippen LogP contribution in [0, 0.1) is 11.8 Å². The fourth-order valence-corrected chi connectivity index (χ4v) is 2.69. The van der Waals surface area contributed by atoms with Gasteiger partial charge in [0.1, 0.15) is 0 Å². The largest absolute Gasteiger partial charge is 0.326 e. The molecule has 0 aromatic carbocycles. The minimum absolute atomic E-state index is 0.328. The maximum absolute atomic E-state index is 6.14. The monoisotopic (exact) mass is 226 g/mol. The minimum atomic E-state index is 0.328. The molecule has 1 atom stereocenters. The molecule has 0 spiro atoms. The second-order valence-electron chi connectivity index (χ2n) is 5.93. The molecule has 0 bridgehead atoms. The molecule has 2 heteroatoms. The highest BCUT2D eigenvalue weighted by Gasteiger charge is 2.24. The summed E-state index contributed by atoms with van der Waals surface area (Å²) in [6.45, 7) is 7.81. The first-order valence-corrected chi connectivity index (χ1v) is 7.00. The lowest BCUT2D eigenvalue weighted by molar-refractivity contribution is 0.149. The maximum Gasteiger partial charge on any atom is 0.0191 e. The molecular weight excluding hydrogens is 196 g/mol. The summed E-state index contributed by atoms with van der Waals surface area (Å²) in [7, 11) is 2.25. The van der Waals surface area contributed by atoms with Gasteiger partial charge in [0.2, 0.25) is 0 Å². The Morgan fingerprint density at radius 1 is 1.19 bits per heavy atom. The van der Waals surface area contributed by atoms with Crippen LogP contribution in [0.5, 0.6) is 0 Å². The van der Waals surface area contributed by atoms with E-state index >= 15 is 0 Å². The summed E-state index contributed by atoms with van der Waals surface area (Å²) in [5.41, 5.74) is 6.14. The van der Waals surface area contributed by atoms with E-state index in [-0.39, 0.29) is 0 Å². The van der Waals surface area contributed by atoms with E-state index in [1.807, 2.05) is 0 Å². The Kier molecular flexibility index (Phi) is 5.77. The quantitative estimate of drug-likeness (QED) is 0.781. The summed E-state index contributed by atoms with van der Waals surface area (Å²) >= 11 is 0. The van der Waals surface area contributed by atoms with E-state index in [0.29, 0.717) is 12.0 Å². The van der Waals surface area contributed by atoms with E-state index in [4.69, 9.17) is 5.73 Å². The molecule has 0 amide bonds. The second kappa shape index (κ2) is 6.61. The summed E-state index contributed by atoms with van der Waals surface area (Å²) in [5.74, 6) is 1.58. The highest BCUT2D eigenvalue weighted by Crippen LogP contribution is 2.29. The van der Waals surface area contributed by atoms with Gasteiger partial charge in [-0.15, -0.1) is 0 Å². The average Bonchev–Trinajstić information content (AvgIpc) is 2.28. The number of nitrogens with two attached hydrogens (primary N) is 1. The molecule has 2 nitrogen and oxygen atoms in total. The van der Waals surface area contributed by atoms with Gasteiger partial charge >= 0.3 is 0 Å². The molecule has 0 saturated heterocycles. The van der Waals surface area contributed by atoms with E-state index < -0.39 is 0 Å². The van der Waals surface area contributed by atoms with Gasteiger partial charge in [0.25, 0.3) is 0 Å². The third-order valence-corrected chi connectivity index (χ3v) is 4.37. The molecule has 96 valence electrons. The first kappa shape index (κ1) is 14.0. The fraction of sp³-hybridized carbons (Fsp3) is 1.00. The topological polar surface area (TPSA) is 29.3 Å². The number of likely N-dealkylation sites (N-methyl/N-ethyl adjacent to an activating group) is 1. The molecule has 1 saturated carbocycles. The first-order valence-electron chi connectivity index (χ1n) is 7.00. The van der Waals surface area contributed by atoms with Crippen molar-refractivity contribution in [1.82, 2.24) is 4.90 Å². The Balaban J connectivity index is 2.30. The molecule has 0 aliphatic heterocycles. The average molecular weight is 226 g/mol. The molecule has 1 aliphatic rings. The Hall–Kier alpha value is -0.0800. The lowest BCUT2D eigenvalue weighted by Crippen LogP contribution is -2.44. The van der Waals surface area contributed by atoms with Crippen LogP contribution in [0.4, 0.5) is 0 Å². The van der Waals surface area contributed by atoms with Crippen LogP contribution in [0.1, 0.15) is 52.9 Å². The predicted molar refractivity (Wildman–Crippen MR) is 71.5 cm³/mol. The molecular formula is C14H30N2. The highest BCUT2D eigenvalue weighted by atomic mass is 15.1. The van der Waals surface area contributed by atoms with Crippen molar-refractivity contribution in [3.63, 3.8) is 0 Å². The lowest BCUT2D eigenvalue weighted by atomic mass is 9.84. The Labute approximate surface area is 102 Å². The summed E-state index contributed by atoms with van der Waals surface area (Å²) in [4.78, 5) is 2.50. The fourth-order valence-electron chi connectivity index (χ4n) is 2.69. The number of hydrogen-bond donors (Lipinski definition) is 1. The number of rotatable bonds is 5. The van der Waals surface area contributed by atoms with Gasteiger partial charge in [0.05, 0.1) is 0 Å². The van der Waals surface area contributed by atoms with Gasteiger partial charge in [-0.3, -0.25) is 0 Å². The van der Waals surface area contributed by atoms with Crippen molar-refractivity contribution >= 4 is 0 Å². The molecule has 0 aromatic heterocycles. The summed E-state index contributed by atoms with van der Waals surface area (Å²) in [6, 6.07) is 1.11. The molecule has 2 N–H and O–H groups in total. The van der Waals surface area contributed by atoms with Crippen molar-refractivity contribution in [2.75, 3.05) is 13.6 Å². The van der Waals surface area contributed by atoms with Crippen LogP contribution >= 0.6 is 0 Å². The van der Waals surface area contributed by atoms with E-state index in [0.717, 1.165) is 18.5 Å². The maximum atomic E-state index is 6.14. The van der Waals surface area contributed by atoms with Gasteiger partial charge in [-0.25, -0.2) is 0 Å². The van der Waals surface area contributed by atoms with Crippen molar-refractivity contribution < 1.29 is 0 Å². The van der Waals surface area contributed by atoms with E-state index in [1.165, 1.54) is 32.1 Å². The van der Waals surface area contributed by atoms with Gasteiger partial charge in [0, 0.05) is 18.6 Å². The molecule has 1 aliphatic carbocycles. The van der Waals surface area contributed by atoms with Crippen molar-refractivity contribution in [3.05, 3.63) is 0 Å². The molecule has 16 heavy (non-hydrogen) atoms. The zero-order valence-corrected chi connectivity index (χ0v) is 11.6. The Morgan fingerprint density at radius 2 is 1.75 bits per heavy atom. The zero-order valence-electron chi connectivity index (χ0n) is 11.6. The minimum Gasteiger partial charge on any atom is -0.326 e. The number of hydrogen-bond acceptors (Lipinski definition) is 2. The third kappa shape index (κ3) is 4.06. The van der Waals surface area contributed by atoms with Crippen LogP contribution in [-0.2, 0) is 0 Å². The van der Waals surface area contributed by atoms with Crippen LogP contribution in [0.15, 0.2) is 0 Å². The SMILES string of the molecule is CCC1CCC(N(C)CC(N)C(C)C)CC1. The third-order valence-electron chi connectivity index (χ3n) is 4.37. The molecule has 0 radical (unpaired) electrons. The predicted octanol–water partition coefficient (Wildman–Crippen LogP) is 2.87. The van der Waals surface area contributed by atoms with Gasteiger partial charge < -0.3 is 10.6 Å². The highest BCUT2D eigenvalue weighted by molar-refractivity contribution is 4.80. The van der Waals surface area contributed by atoms with Crippen LogP contribution in [0.25, 0.3) is 0 Å². The van der Waals surface area contributed by atoms with Gasteiger partial charge in [-0.2, -0.15) is 0 Å². The van der Waals surface area contributed by atoms with Crippen LogP contribution in [0.2, 0.25) is 0 Å². The van der Waals surface area contributed by atoms with E-state index in [9.17, 15) is 0 Å². The van der Waals surface area contributed by atoms with Crippen molar-refractivity contribution in [1.29, 1.82) is 0 Å². The van der Waals surface area contributed by atoms with E-state index in [1.54, 1.807) is 0 Å². The normalized spacial score (nSPS) is 28.7. The van der Waals surface area contributed by atoms with Gasteiger partial charge in [-0.05, 0) is 44.6 Å². The van der Waals surface area contributed by atoms with Gasteiger partial charge in [-0.1, -0.05) is 27.2 Å². The van der Waals surface area contributed by atoms with Crippen LogP contribution in [0.3, 0.4) is 0 Å². The summed E-state index contributed by atoms with van der Waals surface area (Å²) in [6.07, 6.45) is 6.95. The van der Waals surface area contributed by atoms with Crippen molar-refractivity contribution in [2.45, 2.75) is 65.0 Å². The Bertz CT molecular complexity index is 183.